The van der Waals surface area contributed by atoms with Crippen molar-refractivity contribution in [2.45, 2.75) is 46.6 Å². The fraction of sp³-hybridized carbons (Fsp3) is 0.250. The van der Waals surface area contributed by atoms with E-state index in [1.165, 1.54) is 11.1 Å². The summed E-state index contributed by atoms with van der Waals surface area (Å²) in [4.78, 5) is 12.9. The highest BCUT2D eigenvalue weighted by Crippen LogP contribution is 2.39. The Balaban J connectivity index is 1.53. The van der Waals surface area contributed by atoms with Gasteiger partial charge in [0.15, 0.2) is 5.76 Å². The fourth-order valence-corrected chi connectivity index (χ4v) is 3.60. The minimum absolute atomic E-state index is 0.0910. The Kier molecular flexibility index (Phi) is 5.45. The second-order valence-corrected chi connectivity index (χ2v) is 9.15. The summed E-state index contributed by atoms with van der Waals surface area (Å²) in [6.07, 6.45) is 1.81. The van der Waals surface area contributed by atoms with Crippen molar-refractivity contribution in [2.24, 2.45) is 0 Å². The predicted molar refractivity (Wildman–Crippen MR) is 125 cm³/mol. The van der Waals surface area contributed by atoms with Crippen LogP contribution in [0.2, 0.25) is 0 Å². The topological polar surface area (TPSA) is 35.5 Å². The van der Waals surface area contributed by atoms with Gasteiger partial charge in [-0.15, -0.1) is 0 Å². The normalized spacial score (nSPS) is 14.5. The van der Waals surface area contributed by atoms with Crippen LogP contribution >= 0.6 is 0 Å². The maximum atomic E-state index is 12.9. The Morgan fingerprint density at radius 3 is 2.23 bits per heavy atom. The summed E-state index contributed by atoms with van der Waals surface area (Å²) in [5.74, 6) is 1.56. The minimum atomic E-state index is -0.0944. The molecular formula is C28H28O3. The zero-order valence-electron chi connectivity index (χ0n) is 18.8. The maximum absolute atomic E-state index is 12.9. The first-order valence-corrected chi connectivity index (χ1v) is 10.6. The van der Waals surface area contributed by atoms with Crippen LogP contribution in [0.5, 0.6) is 11.5 Å². The van der Waals surface area contributed by atoms with E-state index in [9.17, 15) is 4.79 Å². The Morgan fingerprint density at radius 1 is 0.903 bits per heavy atom. The molecule has 0 saturated carbocycles. The maximum Gasteiger partial charge on any atom is 0.231 e. The van der Waals surface area contributed by atoms with Crippen molar-refractivity contribution >= 4 is 11.9 Å². The van der Waals surface area contributed by atoms with Crippen LogP contribution in [0.1, 0.15) is 58.9 Å². The highest BCUT2D eigenvalue weighted by atomic mass is 16.5. The molecule has 3 aromatic carbocycles. The van der Waals surface area contributed by atoms with Gasteiger partial charge in [0.25, 0.3) is 0 Å². The van der Waals surface area contributed by atoms with E-state index < -0.39 is 0 Å². The summed E-state index contributed by atoms with van der Waals surface area (Å²) in [5, 5.41) is 0. The lowest BCUT2D eigenvalue weighted by Crippen LogP contribution is -2.10. The van der Waals surface area contributed by atoms with Gasteiger partial charge in [-0.1, -0.05) is 74.9 Å². The molecule has 1 aliphatic heterocycles. The van der Waals surface area contributed by atoms with Gasteiger partial charge < -0.3 is 9.47 Å². The SMILES string of the molecule is Cc1ccc(COc2ccc3c(c2C)O/C(=C\c2ccc(C(C)(C)C)cc2)C3=O)cc1. The number of Topliss-reactive ketones (excluding diaryl/α,β-unsaturated/α-hetero) is 1. The zero-order valence-corrected chi connectivity index (χ0v) is 18.8. The van der Waals surface area contributed by atoms with Gasteiger partial charge >= 0.3 is 0 Å². The van der Waals surface area contributed by atoms with Gasteiger partial charge in [0.05, 0.1) is 5.56 Å². The molecule has 0 radical (unpaired) electrons. The second kappa shape index (κ2) is 8.07. The lowest BCUT2D eigenvalue weighted by atomic mass is 9.86. The van der Waals surface area contributed by atoms with Crippen molar-refractivity contribution in [2.75, 3.05) is 0 Å². The predicted octanol–water partition coefficient (Wildman–Crippen LogP) is 6.80. The third-order valence-electron chi connectivity index (χ3n) is 5.63. The van der Waals surface area contributed by atoms with Crippen molar-refractivity contribution in [3.63, 3.8) is 0 Å². The van der Waals surface area contributed by atoms with Crippen LogP contribution in [0.4, 0.5) is 0 Å². The highest BCUT2D eigenvalue weighted by Gasteiger charge is 2.30. The molecule has 0 fully saturated rings. The summed E-state index contributed by atoms with van der Waals surface area (Å²) in [5.41, 5.74) is 6.02. The van der Waals surface area contributed by atoms with E-state index in [4.69, 9.17) is 9.47 Å². The molecule has 0 N–H and O–H groups in total. The third kappa shape index (κ3) is 4.41. The highest BCUT2D eigenvalue weighted by molar-refractivity contribution is 6.14. The molecule has 0 amide bonds. The average Bonchev–Trinajstić information content (AvgIpc) is 3.05. The largest absolute Gasteiger partial charge is 0.488 e. The van der Waals surface area contributed by atoms with E-state index >= 15 is 0 Å². The Bertz CT molecular complexity index is 1140. The molecule has 0 spiro atoms. The summed E-state index contributed by atoms with van der Waals surface area (Å²) >= 11 is 0. The van der Waals surface area contributed by atoms with Crippen LogP contribution in [0.25, 0.3) is 6.08 Å². The van der Waals surface area contributed by atoms with Crippen LogP contribution in [0, 0.1) is 13.8 Å². The number of allylic oxidation sites excluding steroid dienone is 1. The molecule has 3 nitrogen and oxygen atoms in total. The number of ether oxygens (including phenoxy) is 2. The van der Waals surface area contributed by atoms with E-state index in [1.54, 1.807) is 12.1 Å². The van der Waals surface area contributed by atoms with Gasteiger partial charge in [-0.3, -0.25) is 4.79 Å². The van der Waals surface area contributed by atoms with Crippen molar-refractivity contribution in [3.05, 3.63) is 99.8 Å². The van der Waals surface area contributed by atoms with Gasteiger partial charge in [-0.2, -0.15) is 0 Å². The minimum Gasteiger partial charge on any atom is -0.488 e. The average molecular weight is 413 g/mol. The molecule has 0 aromatic heterocycles. The number of hydrogen-bond acceptors (Lipinski definition) is 3. The van der Waals surface area contributed by atoms with Crippen molar-refractivity contribution in [3.8, 4) is 11.5 Å². The standard InChI is InChI=1S/C28H28O3/c1-18-6-8-21(9-7-18)17-30-24-15-14-23-26(29)25(31-27(23)19(24)2)16-20-10-12-22(13-11-20)28(3,4)5/h6-16H,17H2,1-5H3/b25-16-. The first kappa shape index (κ1) is 20.9. The molecule has 4 rings (SSSR count). The van der Waals surface area contributed by atoms with Crippen molar-refractivity contribution in [1.29, 1.82) is 0 Å². The number of carbonyl (C=O) groups excluding carboxylic acids is 1. The van der Waals surface area contributed by atoms with E-state index in [0.29, 0.717) is 23.7 Å². The smallest absolute Gasteiger partial charge is 0.231 e. The Morgan fingerprint density at radius 2 is 1.58 bits per heavy atom. The molecule has 31 heavy (non-hydrogen) atoms. The second-order valence-electron chi connectivity index (χ2n) is 9.15. The van der Waals surface area contributed by atoms with Crippen LogP contribution < -0.4 is 9.47 Å². The van der Waals surface area contributed by atoms with Gasteiger partial charge in [0.2, 0.25) is 5.78 Å². The van der Waals surface area contributed by atoms with E-state index in [2.05, 4.69) is 64.1 Å². The van der Waals surface area contributed by atoms with Crippen LogP contribution in [0.15, 0.2) is 66.4 Å². The molecule has 0 saturated heterocycles. The molecule has 158 valence electrons. The molecule has 0 unspecified atom stereocenters. The summed E-state index contributed by atoms with van der Waals surface area (Å²) in [6, 6.07) is 20.1. The fourth-order valence-electron chi connectivity index (χ4n) is 3.60. The number of rotatable bonds is 4. The van der Waals surface area contributed by atoms with E-state index in [0.717, 1.165) is 22.4 Å². The lowest BCUT2D eigenvalue weighted by molar-refractivity contribution is 0.101. The number of ketones is 1. The van der Waals surface area contributed by atoms with Gasteiger partial charge in [0, 0.05) is 5.56 Å². The number of benzene rings is 3. The van der Waals surface area contributed by atoms with Gasteiger partial charge in [-0.05, 0) is 54.2 Å². The number of hydrogen-bond donors (Lipinski definition) is 0. The van der Waals surface area contributed by atoms with Crippen LogP contribution in [0.3, 0.4) is 0 Å². The van der Waals surface area contributed by atoms with Crippen molar-refractivity contribution < 1.29 is 14.3 Å². The zero-order chi connectivity index (χ0) is 22.2. The molecule has 0 aliphatic carbocycles. The van der Waals surface area contributed by atoms with Crippen molar-refractivity contribution in [1.82, 2.24) is 0 Å². The van der Waals surface area contributed by atoms with Crippen LogP contribution in [-0.4, -0.2) is 5.78 Å². The number of fused-ring (bicyclic) bond motifs is 1. The first-order chi connectivity index (χ1) is 14.7. The molecule has 0 bridgehead atoms. The van der Waals surface area contributed by atoms with E-state index in [-0.39, 0.29) is 11.2 Å². The molecular weight excluding hydrogens is 384 g/mol. The number of aryl methyl sites for hydroxylation is 1. The summed E-state index contributed by atoms with van der Waals surface area (Å²) in [7, 11) is 0. The monoisotopic (exact) mass is 412 g/mol. The Labute approximate surface area is 184 Å². The van der Waals surface area contributed by atoms with Gasteiger partial charge in [0.1, 0.15) is 18.1 Å². The summed E-state index contributed by atoms with van der Waals surface area (Å²) in [6.45, 7) is 11.0. The summed E-state index contributed by atoms with van der Waals surface area (Å²) < 4.78 is 12.0. The quantitative estimate of drug-likeness (QED) is 0.442. The van der Waals surface area contributed by atoms with Gasteiger partial charge in [-0.25, -0.2) is 0 Å². The number of carbonyl (C=O) groups is 1. The van der Waals surface area contributed by atoms with Crippen LogP contribution in [-0.2, 0) is 12.0 Å². The molecule has 1 heterocycles. The molecule has 3 aromatic rings. The Hall–Kier alpha value is -3.33. The van der Waals surface area contributed by atoms with E-state index in [1.807, 2.05) is 25.1 Å². The lowest BCUT2D eigenvalue weighted by Gasteiger charge is -2.18. The third-order valence-corrected chi connectivity index (χ3v) is 5.63. The first-order valence-electron chi connectivity index (χ1n) is 10.6. The molecule has 0 atom stereocenters. The molecule has 1 aliphatic rings. The molecule has 3 heteroatoms.